The summed E-state index contributed by atoms with van der Waals surface area (Å²) < 4.78 is 13.3. The minimum atomic E-state index is -0.257. The van der Waals surface area contributed by atoms with Gasteiger partial charge in [0.05, 0.1) is 5.69 Å². The zero-order chi connectivity index (χ0) is 21.1. The van der Waals surface area contributed by atoms with E-state index in [9.17, 15) is 4.79 Å². The molecule has 0 saturated carbocycles. The van der Waals surface area contributed by atoms with E-state index in [1.807, 2.05) is 69.3 Å². The van der Waals surface area contributed by atoms with Crippen LogP contribution in [0.1, 0.15) is 47.9 Å². The Morgan fingerprint density at radius 3 is 2.60 bits per heavy atom. The van der Waals surface area contributed by atoms with Gasteiger partial charge in [0.15, 0.2) is 6.23 Å². The number of aryl methyl sites for hydroxylation is 2. The Hall–Kier alpha value is -2.92. The van der Waals surface area contributed by atoms with Crippen LogP contribution in [0.15, 0.2) is 53.3 Å². The van der Waals surface area contributed by atoms with Crippen molar-refractivity contribution in [2.24, 2.45) is 0 Å². The number of hydrogen-bond donors (Lipinski definition) is 0. The van der Waals surface area contributed by atoms with Crippen LogP contribution in [0.3, 0.4) is 0 Å². The van der Waals surface area contributed by atoms with Gasteiger partial charge < -0.3 is 9.47 Å². The van der Waals surface area contributed by atoms with E-state index in [1.165, 1.54) is 4.68 Å². The van der Waals surface area contributed by atoms with Gasteiger partial charge in [-0.15, -0.1) is 0 Å². The fourth-order valence-corrected chi connectivity index (χ4v) is 4.06. The highest BCUT2D eigenvalue weighted by Gasteiger charge is 2.22. The number of rotatable bonds is 5. The van der Waals surface area contributed by atoms with E-state index in [0.29, 0.717) is 18.8 Å². The average molecular weight is 405 g/mol. The van der Waals surface area contributed by atoms with Gasteiger partial charge in [-0.2, -0.15) is 5.10 Å². The molecule has 0 spiro atoms. The molecule has 2 aromatic carbocycles. The second-order valence-electron chi connectivity index (χ2n) is 7.91. The van der Waals surface area contributed by atoms with Crippen LogP contribution < -0.4 is 10.3 Å². The summed E-state index contributed by atoms with van der Waals surface area (Å²) >= 11 is 0. The second kappa shape index (κ2) is 8.84. The van der Waals surface area contributed by atoms with E-state index in [1.54, 1.807) is 0 Å². The van der Waals surface area contributed by atoms with Crippen LogP contribution in [0, 0.1) is 20.8 Å². The normalized spacial score (nSPS) is 16.4. The van der Waals surface area contributed by atoms with E-state index >= 15 is 0 Å². The van der Waals surface area contributed by atoms with Crippen LogP contribution in [0.4, 0.5) is 0 Å². The van der Waals surface area contributed by atoms with Crippen molar-refractivity contribution in [2.45, 2.75) is 52.9 Å². The first kappa shape index (κ1) is 20.4. The maximum atomic E-state index is 13.0. The lowest BCUT2D eigenvalue weighted by Gasteiger charge is -2.25. The largest absolute Gasteiger partial charge is 0.489 e. The smallest absolute Gasteiger partial charge is 0.272 e. The molecule has 1 aliphatic rings. The summed E-state index contributed by atoms with van der Waals surface area (Å²) in [4.78, 5) is 13.0. The molecule has 1 saturated heterocycles. The molecule has 0 N–H and O–H groups in total. The highest BCUT2D eigenvalue weighted by Crippen LogP contribution is 2.31. The first-order valence-corrected chi connectivity index (χ1v) is 10.5. The van der Waals surface area contributed by atoms with Crippen LogP contribution in [0.25, 0.3) is 11.1 Å². The molecular formula is C25H28N2O3. The molecule has 4 rings (SSSR count). The molecule has 1 aromatic heterocycles. The number of benzene rings is 2. The van der Waals surface area contributed by atoms with Gasteiger partial charge in [-0.3, -0.25) is 4.79 Å². The van der Waals surface area contributed by atoms with Crippen LogP contribution in [0.2, 0.25) is 0 Å². The van der Waals surface area contributed by atoms with Crippen molar-refractivity contribution in [3.05, 3.63) is 81.3 Å². The first-order chi connectivity index (χ1) is 14.5. The molecule has 156 valence electrons. The van der Waals surface area contributed by atoms with Gasteiger partial charge in [-0.1, -0.05) is 36.4 Å². The Morgan fingerprint density at radius 1 is 1.10 bits per heavy atom. The minimum absolute atomic E-state index is 0.0775. The van der Waals surface area contributed by atoms with Crippen LogP contribution in [-0.4, -0.2) is 16.4 Å². The van der Waals surface area contributed by atoms with Crippen molar-refractivity contribution in [3.63, 3.8) is 0 Å². The summed E-state index contributed by atoms with van der Waals surface area (Å²) in [6.45, 7) is 7.09. The predicted octanol–water partition coefficient (Wildman–Crippen LogP) is 5.11. The first-order valence-electron chi connectivity index (χ1n) is 10.5. The van der Waals surface area contributed by atoms with Gasteiger partial charge in [-0.25, -0.2) is 4.68 Å². The molecule has 30 heavy (non-hydrogen) atoms. The van der Waals surface area contributed by atoms with E-state index < -0.39 is 0 Å². The zero-order valence-electron chi connectivity index (χ0n) is 17.9. The Morgan fingerprint density at radius 2 is 1.90 bits per heavy atom. The zero-order valence-corrected chi connectivity index (χ0v) is 17.9. The highest BCUT2D eigenvalue weighted by atomic mass is 16.5. The minimum Gasteiger partial charge on any atom is -0.489 e. The van der Waals surface area contributed by atoms with Gasteiger partial charge in [0, 0.05) is 17.7 Å². The summed E-state index contributed by atoms with van der Waals surface area (Å²) in [5, 5.41) is 4.62. The van der Waals surface area contributed by atoms with E-state index in [0.717, 1.165) is 53.0 Å². The SMILES string of the molecule is Cc1cc(OCc2ccccc2)ccc1-c1c(C)nn(C2CCCCO2)c(=O)c1C. The molecule has 0 radical (unpaired) electrons. The Labute approximate surface area is 177 Å². The molecule has 5 nitrogen and oxygen atoms in total. The van der Waals surface area contributed by atoms with Gasteiger partial charge in [0.25, 0.3) is 5.56 Å². The summed E-state index contributed by atoms with van der Waals surface area (Å²) in [6.07, 6.45) is 2.67. The Balaban J connectivity index is 1.62. The standard InChI is InChI=1S/C25H28N2O3/c1-17-15-21(30-16-20-9-5-4-6-10-20)12-13-22(17)24-18(2)25(28)27(26-19(24)3)23-11-7-8-14-29-23/h4-6,9-10,12-13,15,23H,7-8,11,14,16H2,1-3H3. The van der Waals surface area contributed by atoms with Gasteiger partial charge in [0.1, 0.15) is 12.4 Å². The molecule has 1 unspecified atom stereocenters. The average Bonchev–Trinajstić information content (AvgIpc) is 2.77. The van der Waals surface area contributed by atoms with Crippen molar-refractivity contribution >= 4 is 0 Å². The van der Waals surface area contributed by atoms with Gasteiger partial charge in [0.2, 0.25) is 0 Å². The third-order valence-corrected chi connectivity index (χ3v) is 5.67. The van der Waals surface area contributed by atoms with E-state index in [-0.39, 0.29) is 11.8 Å². The van der Waals surface area contributed by atoms with Gasteiger partial charge in [-0.05, 0) is 68.9 Å². The maximum Gasteiger partial charge on any atom is 0.272 e. The Kier molecular flexibility index (Phi) is 6.00. The van der Waals surface area contributed by atoms with E-state index in [4.69, 9.17) is 9.47 Å². The highest BCUT2D eigenvalue weighted by molar-refractivity contribution is 5.72. The molecule has 0 aliphatic carbocycles. The third-order valence-electron chi connectivity index (χ3n) is 5.67. The maximum absolute atomic E-state index is 13.0. The van der Waals surface area contributed by atoms with E-state index in [2.05, 4.69) is 5.10 Å². The molecule has 3 aromatic rings. The molecule has 2 heterocycles. The summed E-state index contributed by atoms with van der Waals surface area (Å²) in [5.41, 5.74) is 5.56. The number of nitrogens with zero attached hydrogens (tertiary/aromatic N) is 2. The lowest BCUT2D eigenvalue weighted by molar-refractivity contribution is -0.0428. The lowest BCUT2D eigenvalue weighted by atomic mass is 9.96. The molecular weight excluding hydrogens is 376 g/mol. The fourth-order valence-electron chi connectivity index (χ4n) is 4.06. The van der Waals surface area contributed by atoms with Crippen LogP contribution in [-0.2, 0) is 11.3 Å². The van der Waals surface area contributed by atoms with Crippen LogP contribution >= 0.6 is 0 Å². The Bertz CT molecular complexity index is 1080. The molecule has 0 bridgehead atoms. The van der Waals surface area contributed by atoms with Crippen molar-refractivity contribution in [1.82, 2.24) is 9.78 Å². The lowest BCUT2D eigenvalue weighted by Crippen LogP contribution is -2.33. The molecule has 1 fully saturated rings. The molecule has 1 atom stereocenters. The summed E-state index contributed by atoms with van der Waals surface area (Å²) in [7, 11) is 0. The predicted molar refractivity (Wildman–Crippen MR) is 118 cm³/mol. The number of hydrogen-bond acceptors (Lipinski definition) is 4. The summed E-state index contributed by atoms with van der Waals surface area (Å²) in [5.74, 6) is 0.812. The quantitative estimate of drug-likeness (QED) is 0.593. The fraction of sp³-hybridized carbons (Fsp3) is 0.360. The number of ether oxygens (including phenoxy) is 2. The van der Waals surface area contributed by atoms with Crippen molar-refractivity contribution in [2.75, 3.05) is 6.61 Å². The van der Waals surface area contributed by atoms with Gasteiger partial charge >= 0.3 is 0 Å². The third kappa shape index (κ3) is 4.17. The van der Waals surface area contributed by atoms with Crippen molar-refractivity contribution < 1.29 is 9.47 Å². The molecule has 1 aliphatic heterocycles. The molecule has 5 heteroatoms. The van der Waals surface area contributed by atoms with Crippen molar-refractivity contribution in [1.29, 1.82) is 0 Å². The van der Waals surface area contributed by atoms with Crippen LogP contribution in [0.5, 0.6) is 5.75 Å². The topological polar surface area (TPSA) is 53.4 Å². The second-order valence-corrected chi connectivity index (χ2v) is 7.91. The molecule has 0 amide bonds. The monoisotopic (exact) mass is 404 g/mol. The summed E-state index contributed by atoms with van der Waals surface area (Å²) in [6, 6.07) is 16.1. The number of aromatic nitrogens is 2. The van der Waals surface area contributed by atoms with Crippen molar-refractivity contribution in [3.8, 4) is 16.9 Å².